The van der Waals surface area contributed by atoms with Crippen molar-refractivity contribution in [2.75, 3.05) is 14.2 Å². The number of aromatic nitrogens is 1. The highest BCUT2D eigenvalue weighted by atomic mass is 16.5. The Labute approximate surface area is 99.1 Å². The molecule has 17 heavy (non-hydrogen) atoms. The molecule has 5 nitrogen and oxygen atoms in total. The molecule has 0 aliphatic carbocycles. The van der Waals surface area contributed by atoms with Gasteiger partial charge < -0.3 is 9.47 Å². The van der Waals surface area contributed by atoms with Gasteiger partial charge in [0.05, 0.1) is 31.9 Å². The van der Waals surface area contributed by atoms with E-state index in [2.05, 4.69) is 14.5 Å². The fraction of sp³-hybridized carbons (Fsp3) is 0.250. The number of ether oxygens (including phenoxy) is 2. The number of esters is 2. The van der Waals surface area contributed by atoms with Gasteiger partial charge in [0.2, 0.25) is 0 Å². The molecule has 0 saturated heterocycles. The van der Waals surface area contributed by atoms with E-state index in [4.69, 9.17) is 0 Å². The van der Waals surface area contributed by atoms with Crippen molar-refractivity contribution in [2.24, 2.45) is 0 Å². The second kappa shape index (κ2) is 6.42. The standard InChI is InChI=1S/C12H13NO4/c1-16-11(14)5-3-4-10-8-9(6-7-13-10)12(15)17-2/h3-4,6-8H,5H2,1-2H3. The Kier molecular flexibility index (Phi) is 4.87. The summed E-state index contributed by atoms with van der Waals surface area (Å²) in [6.45, 7) is 0. The number of nitrogens with zero attached hydrogens (tertiary/aromatic N) is 1. The van der Waals surface area contributed by atoms with Crippen LogP contribution in [-0.2, 0) is 14.3 Å². The quantitative estimate of drug-likeness (QED) is 0.739. The van der Waals surface area contributed by atoms with Crippen LogP contribution in [0.5, 0.6) is 0 Å². The fourth-order valence-electron chi connectivity index (χ4n) is 1.14. The van der Waals surface area contributed by atoms with Crippen LogP contribution >= 0.6 is 0 Å². The van der Waals surface area contributed by atoms with Gasteiger partial charge in [-0.1, -0.05) is 6.08 Å². The van der Waals surface area contributed by atoms with E-state index in [9.17, 15) is 9.59 Å². The van der Waals surface area contributed by atoms with Gasteiger partial charge in [0.25, 0.3) is 0 Å². The molecule has 0 unspecified atom stereocenters. The van der Waals surface area contributed by atoms with Gasteiger partial charge in [0.1, 0.15) is 0 Å². The molecular weight excluding hydrogens is 222 g/mol. The first-order chi connectivity index (χ1) is 8.17. The average Bonchev–Trinajstić information content (AvgIpc) is 2.38. The summed E-state index contributed by atoms with van der Waals surface area (Å²) >= 11 is 0. The van der Waals surface area contributed by atoms with Gasteiger partial charge in [-0.2, -0.15) is 0 Å². The Morgan fingerprint density at radius 2 is 2.12 bits per heavy atom. The van der Waals surface area contributed by atoms with E-state index in [1.165, 1.54) is 20.4 Å². The Morgan fingerprint density at radius 1 is 1.35 bits per heavy atom. The molecule has 0 aromatic carbocycles. The minimum atomic E-state index is -0.421. The van der Waals surface area contributed by atoms with Crippen LogP contribution in [0.15, 0.2) is 24.4 Å². The first-order valence-corrected chi connectivity index (χ1v) is 4.95. The zero-order chi connectivity index (χ0) is 12.7. The van der Waals surface area contributed by atoms with Gasteiger partial charge in [-0.25, -0.2) is 4.79 Å². The largest absolute Gasteiger partial charge is 0.469 e. The third-order valence-electron chi connectivity index (χ3n) is 2.00. The first-order valence-electron chi connectivity index (χ1n) is 4.95. The maximum absolute atomic E-state index is 11.2. The van der Waals surface area contributed by atoms with Crippen molar-refractivity contribution in [1.29, 1.82) is 0 Å². The third-order valence-corrected chi connectivity index (χ3v) is 2.00. The number of carbonyl (C=O) groups is 2. The molecule has 0 aliphatic rings. The van der Waals surface area contributed by atoms with Gasteiger partial charge in [0, 0.05) is 6.20 Å². The maximum Gasteiger partial charge on any atom is 0.337 e. The second-order valence-corrected chi connectivity index (χ2v) is 3.14. The lowest BCUT2D eigenvalue weighted by molar-refractivity contribution is -0.139. The Balaban J connectivity index is 2.72. The SMILES string of the molecule is COC(=O)CC=Cc1cc(C(=O)OC)ccn1. The molecule has 5 heteroatoms. The molecule has 0 fully saturated rings. The van der Waals surface area contributed by atoms with Crippen LogP contribution in [0.25, 0.3) is 6.08 Å². The summed E-state index contributed by atoms with van der Waals surface area (Å²) in [4.78, 5) is 26.1. The van der Waals surface area contributed by atoms with Crippen molar-refractivity contribution in [3.05, 3.63) is 35.7 Å². The molecule has 0 amide bonds. The zero-order valence-electron chi connectivity index (χ0n) is 9.67. The number of hydrogen-bond acceptors (Lipinski definition) is 5. The Morgan fingerprint density at radius 3 is 2.76 bits per heavy atom. The smallest absolute Gasteiger partial charge is 0.337 e. The van der Waals surface area contributed by atoms with E-state index in [0.29, 0.717) is 11.3 Å². The monoisotopic (exact) mass is 235 g/mol. The number of hydrogen-bond donors (Lipinski definition) is 0. The van der Waals surface area contributed by atoms with Gasteiger partial charge in [-0.15, -0.1) is 0 Å². The van der Waals surface area contributed by atoms with Crippen LogP contribution in [0.1, 0.15) is 22.5 Å². The van der Waals surface area contributed by atoms with Crippen molar-refractivity contribution in [3.8, 4) is 0 Å². The zero-order valence-corrected chi connectivity index (χ0v) is 9.67. The number of carbonyl (C=O) groups excluding carboxylic acids is 2. The second-order valence-electron chi connectivity index (χ2n) is 3.14. The summed E-state index contributed by atoms with van der Waals surface area (Å²) in [5.41, 5.74) is 0.997. The maximum atomic E-state index is 11.2. The summed E-state index contributed by atoms with van der Waals surface area (Å²) < 4.78 is 9.07. The summed E-state index contributed by atoms with van der Waals surface area (Å²) in [7, 11) is 2.64. The van der Waals surface area contributed by atoms with Crippen LogP contribution in [0.2, 0.25) is 0 Å². The Bertz CT molecular complexity index is 440. The molecule has 1 aromatic heterocycles. The van der Waals surface area contributed by atoms with E-state index < -0.39 is 5.97 Å². The van der Waals surface area contributed by atoms with E-state index in [0.717, 1.165) is 0 Å². The molecule has 0 bridgehead atoms. The fourth-order valence-corrected chi connectivity index (χ4v) is 1.14. The lowest BCUT2D eigenvalue weighted by Gasteiger charge is -1.99. The van der Waals surface area contributed by atoms with Crippen molar-refractivity contribution < 1.29 is 19.1 Å². The van der Waals surface area contributed by atoms with Crippen molar-refractivity contribution >= 4 is 18.0 Å². The number of rotatable bonds is 4. The van der Waals surface area contributed by atoms with Crippen LogP contribution < -0.4 is 0 Å². The van der Waals surface area contributed by atoms with Crippen LogP contribution in [0.3, 0.4) is 0 Å². The molecule has 0 atom stereocenters. The molecule has 90 valence electrons. The number of methoxy groups -OCH3 is 2. The summed E-state index contributed by atoms with van der Waals surface area (Å²) in [5.74, 6) is -0.750. The van der Waals surface area contributed by atoms with Gasteiger partial charge in [-0.05, 0) is 18.2 Å². The molecule has 1 heterocycles. The molecule has 1 rings (SSSR count). The van der Waals surface area contributed by atoms with Gasteiger partial charge >= 0.3 is 11.9 Å². The van der Waals surface area contributed by atoms with Crippen molar-refractivity contribution in [2.45, 2.75) is 6.42 Å². The van der Waals surface area contributed by atoms with E-state index >= 15 is 0 Å². The normalized spacial score (nSPS) is 10.2. The Hall–Kier alpha value is -2.17. The first kappa shape index (κ1) is 12.9. The number of pyridine rings is 1. The van der Waals surface area contributed by atoms with E-state index in [1.807, 2.05) is 0 Å². The lowest BCUT2D eigenvalue weighted by Crippen LogP contribution is -2.01. The van der Waals surface area contributed by atoms with Crippen LogP contribution in [0, 0.1) is 0 Å². The van der Waals surface area contributed by atoms with Crippen molar-refractivity contribution in [1.82, 2.24) is 4.98 Å². The lowest BCUT2D eigenvalue weighted by atomic mass is 10.2. The third kappa shape index (κ3) is 4.06. The molecule has 0 spiro atoms. The highest BCUT2D eigenvalue weighted by Gasteiger charge is 2.04. The topological polar surface area (TPSA) is 65.5 Å². The van der Waals surface area contributed by atoms with Crippen molar-refractivity contribution in [3.63, 3.8) is 0 Å². The van der Waals surface area contributed by atoms with Gasteiger partial charge in [-0.3, -0.25) is 9.78 Å². The molecular formula is C12H13NO4. The molecule has 0 N–H and O–H groups in total. The summed E-state index contributed by atoms with van der Waals surface area (Å²) in [6.07, 6.45) is 4.93. The highest BCUT2D eigenvalue weighted by molar-refractivity contribution is 5.89. The minimum absolute atomic E-state index is 0.167. The van der Waals surface area contributed by atoms with E-state index in [1.54, 1.807) is 24.3 Å². The molecule has 0 radical (unpaired) electrons. The predicted molar refractivity (Wildman–Crippen MR) is 61.2 cm³/mol. The molecule has 0 aliphatic heterocycles. The predicted octanol–water partition coefficient (Wildman–Crippen LogP) is 1.44. The average molecular weight is 235 g/mol. The molecule has 1 aromatic rings. The van der Waals surface area contributed by atoms with Crippen LogP contribution in [0.4, 0.5) is 0 Å². The summed E-state index contributed by atoms with van der Waals surface area (Å²) in [5, 5.41) is 0. The molecule has 0 saturated carbocycles. The van der Waals surface area contributed by atoms with E-state index in [-0.39, 0.29) is 12.4 Å². The minimum Gasteiger partial charge on any atom is -0.469 e. The summed E-state index contributed by atoms with van der Waals surface area (Å²) in [6, 6.07) is 3.14. The van der Waals surface area contributed by atoms with Gasteiger partial charge in [0.15, 0.2) is 0 Å². The van der Waals surface area contributed by atoms with Crippen LogP contribution in [-0.4, -0.2) is 31.1 Å². The highest BCUT2D eigenvalue weighted by Crippen LogP contribution is 2.05.